The van der Waals surface area contributed by atoms with Crippen LogP contribution in [0.2, 0.25) is 0 Å². The van der Waals surface area contributed by atoms with Crippen molar-refractivity contribution in [1.29, 1.82) is 0 Å². The van der Waals surface area contributed by atoms with E-state index < -0.39 is 0 Å². The van der Waals surface area contributed by atoms with Crippen LogP contribution in [0, 0.1) is 0 Å². The van der Waals surface area contributed by atoms with Crippen LogP contribution >= 0.6 is 0 Å². The van der Waals surface area contributed by atoms with Crippen molar-refractivity contribution in [2.45, 2.75) is 38.4 Å². The zero-order valence-corrected chi connectivity index (χ0v) is 13.7. The highest BCUT2D eigenvalue weighted by atomic mass is 16.7. The number of hydrogen-bond donors (Lipinski definition) is 1. The van der Waals surface area contributed by atoms with E-state index in [0.29, 0.717) is 6.61 Å². The Balaban J connectivity index is 1.50. The molecule has 1 fully saturated rings. The molecule has 24 heavy (non-hydrogen) atoms. The molecule has 1 aromatic heterocycles. The molecular formula is C19H23NO4. The summed E-state index contributed by atoms with van der Waals surface area (Å²) in [6.45, 7) is 1.51. The summed E-state index contributed by atoms with van der Waals surface area (Å²) in [5.41, 5.74) is 1.75. The number of rotatable bonds is 6. The molecule has 1 aliphatic heterocycles. The second-order valence-electron chi connectivity index (χ2n) is 6.03. The molecular weight excluding hydrogens is 306 g/mol. The van der Waals surface area contributed by atoms with Crippen LogP contribution in [0.15, 0.2) is 47.4 Å². The Hall–Kier alpha value is -2.11. The summed E-state index contributed by atoms with van der Waals surface area (Å²) >= 11 is 0. The SMILES string of the molecule is O=c1cc(O)ccn1-c1ccc(CCCOC2CCCCO2)cc1. The fraction of sp³-hybridized carbons (Fsp3) is 0.421. The van der Waals surface area contributed by atoms with Crippen molar-refractivity contribution >= 4 is 0 Å². The summed E-state index contributed by atoms with van der Waals surface area (Å²) in [5.74, 6) is -0.0187. The maximum atomic E-state index is 11.9. The largest absolute Gasteiger partial charge is 0.508 e. The number of aryl methyl sites for hydroxylation is 1. The smallest absolute Gasteiger partial charge is 0.258 e. The van der Waals surface area contributed by atoms with E-state index in [1.54, 1.807) is 6.20 Å². The van der Waals surface area contributed by atoms with Gasteiger partial charge >= 0.3 is 0 Å². The van der Waals surface area contributed by atoms with Crippen LogP contribution in [0.4, 0.5) is 0 Å². The molecule has 1 aliphatic rings. The number of pyridine rings is 1. The predicted molar refractivity (Wildman–Crippen MR) is 91.6 cm³/mol. The van der Waals surface area contributed by atoms with Gasteiger partial charge in [-0.25, -0.2) is 0 Å². The molecule has 0 amide bonds. The first-order valence-corrected chi connectivity index (χ1v) is 8.46. The number of nitrogens with zero attached hydrogens (tertiary/aromatic N) is 1. The van der Waals surface area contributed by atoms with Gasteiger partial charge in [0, 0.05) is 24.6 Å². The van der Waals surface area contributed by atoms with Gasteiger partial charge in [0.25, 0.3) is 5.56 Å². The Morgan fingerprint density at radius 3 is 2.75 bits per heavy atom. The Labute approximate surface area is 141 Å². The molecule has 1 atom stereocenters. The average molecular weight is 329 g/mol. The lowest BCUT2D eigenvalue weighted by Gasteiger charge is -2.22. The van der Waals surface area contributed by atoms with E-state index in [2.05, 4.69) is 0 Å². The molecule has 0 saturated carbocycles. The summed E-state index contributed by atoms with van der Waals surface area (Å²) in [6.07, 6.45) is 6.73. The van der Waals surface area contributed by atoms with E-state index >= 15 is 0 Å². The summed E-state index contributed by atoms with van der Waals surface area (Å²) in [5, 5.41) is 9.31. The van der Waals surface area contributed by atoms with Crippen LogP contribution in [-0.2, 0) is 15.9 Å². The Morgan fingerprint density at radius 2 is 2.04 bits per heavy atom. The van der Waals surface area contributed by atoms with Gasteiger partial charge in [-0.05, 0) is 55.9 Å². The molecule has 5 nitrogen and oxygen atoms in total. The van der Waals surface area contributed by atoms with Crippen molar-refractivity contribution in [3.63, 3.8) is 0 Å². The van der Waals surface area contributed by atoms with Crippen molar-refractivity contribution in [3.8, 4) is 11.4 Å². The number of benzene rings is 1. The van der Waals surface area contributed by atoms with E-state index in [4.69, 9.17) is 9.47 Å². The highest BCUT2D eigenvalue weighted by Gasteiger charge is 2.13. The monoisotopic (exact) mass is 329 g/mol. The van der Waals surface area contributed by atoms with Gasteiger partial charge in [0.05, 0.1) is 6.61 Å². The molecule has 1 unspecified atom stereocenters. The minimum atomic E-state index is -0.247. The second-order valence-corrected chi connectivity index (χ2v) is 6.03. The highest BCUT2D eigenvalue weighted by molar-refractivity contribution is 5.36. The van der Waals surface area contributed by atoms with E-state index in [9.17, 15) is 9.90 Å². The van der Waals surface area contributed by atoms with Crippen molar-refractivity contribution in [3.05, 3.63) is 58.5 Å². The topological polar surface area (TPSA) is 60.7 Å². The molecule has 0 radical (unpaired) electrons. The first kappa shape index (κ1) is 16.7. The number of aromatic hydroxyl groups is 1. The van der Waals surface area contributed by atoms with Gasteiger partial charge in [-0.2, -0.15) is 0 Å². The third-order valence-electron chi connectivity index (χ3n) is 4.17. The van der Waals surface area contributed by atoms with Crippen LogP contribution in [-0.4, -0.2) is 29.2 Å². The summed E-state index contributed by atoms with van der Waals surface area (Å²) in [4.78, 5) is 11.9. The molecule has 1 saturated heterocycles. The Morgan fingerprint density at radius 1 is 1.21 bits per heavy atom. The fourth-order valence-electron chi connectivity index (χ4n) is 2.84. The molecule has 3 rings (SSSR count). The zero-order chi connectivity index (χ0) is 16.8. The van der Waals surface area contributed by atoms with Crippen LogP contribution < -0.4 is 5.56 Å². The van der Waals surface area contributed by atoms with Crippen molar-refractivity contribution in [1.82, 2.24) is 4.57 Å². The number of ether oxygens (including phenoxy) is 2. The molecule has 2 aromatic rings. The van der Waals surface area contributed by atoms with Gasteiger partial charge in [-0.1, -0.05) is 12.1 Å². The standard InChI is InChI=1S/C19H23NO4/c21-17-10-11-20(18(22)14-17)16-8-6-15(7-9-16)4-3-13-24-19-5-1-2-12-23-19/h6-11,14,19,21H,1-5,12-13H2. The number of hydrogen-bond acceptors (Lipinski definition) is 4. The van der Waals surface area contributed by atoms with E-state index in [1.807, 2.05) is 24.3 Å². The number of aromatic nitrogens is 1. The van der Waals surface area contributed by atoms with E-state index in [-0.39, 0.29) is 17.6 Å². The minimum Gasteiger partial charge on any atom is -0.508 e. The summed E-state index contributed by atoms with van der Waals surface area (Å²) < 4.78 is 12.8. The molecule has 0 bridgehead atoms. The normalized spacial score (nSPS) is 17.8. The van der Waals surface area contributed by atoms with Gasteiger partial charge < -0.3 is 14.6 Å². The van der Waals surface area contributed by atoms with Gasteiger partial charge in [0.15, 0.2) is 6.29 Å². The first-order valence-electron chi connectivity index (χ1n) is 8.46. The minimum absolute atomic E-state index is 0.0187. The summed E-state index contributed by atoms with van der Waals surface area (Å²) in [6, 6.07) is 10.6. The lowest BCUT2D eigenvalue weighted by molar-refractivity contribution is -0.162. The van der Waals surface area contributed by atoms with Crippen molar-refractivity contribution < 1.29 is 14.6 Å². The van der Waals surface area contributed by atoms with Crippen molar-refractivity contribution in [2.75, 3.05) is 13.2 Å². The highest BCUT2D eigenvalue weighted by Crippen LogP contribution is 2.15. The summed E-state index contributed by atoms with van der Waals surface area (Å²) in [7, 11) is 0. The maximum absolute atomic E-state index is 11.9. The van der Waals surface area contributed by atoms with Crippen molar-refractivity contribution in [2.24, 2.45) is 0 Å². The Bertz CT molecular complexity index is 702. The molecule has 1 aromatic carbocycles. The Kier molecular flexibility index (Phi) is 5.67. The van der Waals surface area contributed by atoms with Gasteiger partial charge in [0.1, 0.15) is 5.75 Å². The first-order chi connectivity index (χ1) is 11.7. The second kappa shape index (κ2) is 8.13. The molecule has 0 aliphatic carbocycles. The van der Waals surface area contributed by atoms with Gasteiger partial charge in [0.2, 0.25) is 0 Å². The average Bonchev–Trinajstić information content (AvgIpc) is 2.60. The molecule has 128 valence electrons. The van der Waals surface area contributed by atoms with Crippen LogP contribution in [0.25, 0.3) is 5.69 Å². The maximum Gasteiger partial charge on any atom is 0.258 e. The van der Waals surface area contributed by atoms with E-state index in [0.717, 1.165) is 38.0 Å². The van der Waals surface area contributed by atoms with Gasteiger partial charge in [-0.3, -0.25) is 9.36 Å². The molecule has 2 heterocycles. The third kappa shape index (κ3) is 4.46. The van der Waals surface area contributed by atoms with Gasteiger partial charge in [-0.15, -0.1) is 0 Å². The van der Waals surface area contributed by atoms with E-state index in [1.165, 1.54) is 28.7 Å². The lowest BCUT2D eigenvalue weighted by atomic mass is 10.1. The van der Waals surface area contributed by atoms with Crippen LogP contribution in [0.5, 0.6) is 5.75 Å². The molecule has 0 spiro atoms. The fourth-order valence-corrected chi connectivity index (χ4v) is 2.84. The lowest BCUT2D eigenvalue weighted by Crippen LogP contribution is -2.22. The predicted octanol–water partition coefficient (Wildman–Crippen LogP) is 3.02. The van der Waals surface area contributed by atoms with Crippen LogP contribution in [0.1, 0.15) is 31.2 Å². The zero-order valence-electron chi connectivity index (χ0n) is 13.7. The third-order valence-corrected chi connectivity index (χ3v) is 4.17. The molecule has 1 N–H and O–H groups in total. The van der Waals surface area contributed by atoms with Crippen LogP contribution in [0.3, 0.4) is 0 Å². The quantitative estimate of drug-likeness (QED) is 0.828. The molecule has 5 heteroatoms.